The lowest BCUT2D eigenvalue weighted by atomic mass is 9.86. The molecule has 1 heterocycles. The van der Waals surface area contributed by atoms with Gasteiger partial charge in [0.2, 0.25) is 0 Å². The molecule has 19 heavy (non-hydrogen) atoms. The van der Waals surface area contributed by atoms with Crippen molar-refractivity contribution in [3.63, 3.8) is 0 Å². The monoisotopic (exact) mass is 327 g/mol. The molecule has 4 heteroatoms. The van der Waals surface area contributed by atoms with Gasteiger partial charge in [0.15, 0.2) is 11.5 Å². The fourth-order valence-electron chi connectivity index (χ4n) is 2.15. The summed E-state index contributed by atoms with van der Waals surface area (Å²) in [6, 6.07) is 3.99. The van der Waals surface area contributed by atoms with Crippen molar-refractivity contribution in [3.05, 3.63) is 22.2 Å². The van der Waals surface area contributed by atoms with Crippen LogP contribution < -0.4 is 15.2 Å². The van der Waals surface area contributed by atoms with E-state index in [0.717, 1.165) is 28.0 Å². The Hall–Kier alpha value is -0.740. The molecule has 2 N–H and O–H groups in total. The molecule has 2 unspecified atom stereocenters. The van der Waals surface area contributed by atoms with Crippen molar-refractivity contribution in [2.24, 2.45) is 17.6 Å². The van der Waals surface area contributed by atoms with Crippen LogP contribution in [-0.4, -0.2) is 13.2 Å². The van der Waals surface area contributed by atoms with Crippen LogP contribution in [0, 0.1) is 11.8 Å². The van der Waals surface area contributed by atoms with Gasteiger partial charge in [0.1, 0.15) is 0 Å². The molecule has 3 nitrogen and oxygen atoms in total. The van der Waals surface area contributed by atoms with Gasteiger partial charge in [-0.1, -0.05) is 36.7 Å². The minimum absolute atomic E-state index is 0.00784. The first kappa shape index (κ1) is 14.7. The second-order valence-electron chi connectivity index (χ2n) is 5.50. The molecular weight excluding hydrogens is 306 g/mol. The number of rotatable bonds is 3. The third-order valence-electron chi connectivity index (χ3n) is 3.84. The van der Waals surface area contributed by atoms with E-state index in [9.17, 15) is 0 Å². The Kier molecular flexibility index (Phi) is 4.74. The normalized spacial score (nSPS) is 18.0. The number of hydrogen-bond donors (Lipinski definition) is 1. The highest BCUT2D eigenvalue weighted by Gasteiger charge is 2.23. The SMILES string of the molecule is CC(C)C(C)C(N)c1cc2c(cc1Br)OCCCO2. The zero-order valence-electron chi connectivity index (χ0n) is 11.8. The van der Waals surface area contributed by atoms with Crippen LogP contribution in [0.15, 0.2) is 16.6 Å². The average Bonchev–Trinajstić information content (AvgIpc) is 2.60. The minimum atomic E-state index is -0.00784. The first-order valence-corrected chi connectivity index (χ1v) is 7.64. The summed E-state index contributed by atoms with van der Waals surface area (Å²) in [6.07, 6.45) is 0.913. The van der Waals surface area contributed by atoms with Crippen LogP contribution in [-0.2, 0) is 0 Å². The first-order valence-electron chi connectivity index (χ1n) is 6.85. The van der Waals surface area contributed by atoms with E-state index in [1.165, 1.54) is 0 Å². The molecule has 0 aliphatic carbocycles. The highest BCUT2D eigenvalue weighted by atomic mass is 79.9. The smallest absolute Gasteiger partial charge is 0.162 e. The highest BCUT2D eigenvalue weighted by Crippen LogP contribution is 2.39. The minimum Gasteiger partial charge on any atom is -0.490 e. The average molecular weight is 328 g/mol. The van der Waals surface area contributed by atoms with E-state index in [-0.39, 0.29) is 6.04 Å². The molecule has 1 aliphatic heterocycles. The Balaban J connectivity index is 2.33. The summed E-state index contributed by atoms with van der Waals surface area (Å²) in [5, 5.41) is 0. The zero-order chi connectivity index (χ0) is 14.0. The van der Waals surface area contributed by atoms with Gasteiger partial charge in [-0.05, 0) is 29.5 Å². The molecule has 0 spiro atoms. The van der Waals surface area contributed by atoms with E-state index in [2.05, 4.69) is 36.7 Å². The van der Waals surface area contributed by atoms with Gasteiger partial charge in [-0.25, -0.2) is 0 Å². The van der Waals surface area contributed by atoms with Gasteiger partial charge in [-0.3, -0.25) is 0 Å². The van der Waals surface area contributed by atoms with Crippen molar-refractivity contribution in [3.8, 4) is 11.5 Å². The number of benzene rings is 1. The summed E-state index contributed by atoms with van der Waals surface area (Å²) in [7, 11) is 0. The highest BCUT2D eigenvalue weighted by molar-refractivity contribution is 9.10. The second kappa shape index (κ2) is 6.14. The molecule has 0 amide bonds. The van der Waals surface area contributed by atoms with Gasteiger partial charge in [0.25, 0.3) is 0 Å². The van der Waals surface area contributed by atoms with E-state index in [4.69, 9.17) is 15.2 Å². The van der Waals surface area contributed by atoms with E-state index in [0.29, 0.717) is 25.0 Å². The molecule has 106 valence electrons. The topological polar surface area (TPSA) is 44.5 Å². The third-order valence-corrected chi connectivity index (χ3v) is 4.53. The number of fused-ring (bicyclic) bond motifs is 1. The largest absolute Gasteiger partial charge is 0.490 e. The summed E-state index contributed by atoms with van der Waals surface area (Å²) in [5.41, 5.74) is 7.47. The second-order valence-corrected chi connectivity index (χ2v) is 6.35. The van der Waals surface area contributed by atoms with Crippen molar-refractivity contribution in [1.82, 2.24) is 0 Å². The molecule has 1 aromatic carbocycles. The lowest BCUT2D eigenvalue weighted by molar-refractivity contribution is 0.296. The molecule has 0 radical (unpaired) electrons. The first-order chi connectivity index (χ1) is 9.00. The number of ether oxygens (including phenoxy) is 2. The van der Waals surface area contributed by atoms with Crippen molar-refractivity contribution in [2.45, 2.75) is 33.2 Å². The molecule has 2 atom stereocenters. The van der Waals surface area contributed by atoms with Gasteiger partial charge in [0.05, 0.1) is 13.2 Å². The maximum atomic E-state index is 6.39. The van der Waals surface area contributed by atoms with Crippen LogP contribution in [0.5, 0.6) is 11.5 Å². The summed E-state index contributed by atoms with van der Waals surface area (Å²) >= 11 is 3.60. The molecule has 1 aromatic rings. The summed E-state index contributed by atoms with van der Waals surface area (Å²) in [4.78, 5) is 0. The van der Waals surface area contributed by atoms with Crippen molar-refractivity contribution in [2.75, 3.05) is 13.2 Å². The van der Waals surface area contributed by atoms with Gasteiger partial charge in [-0.15, -0.1) is 0 Å². The molecule has 0 bridgehead atoms. The molecule has 0 saturated carbocycles. The maximum absolute atomic E-state index is 6.39. The predicted molar refractivity (Wildman–Crippen MR) is 80.7 cm³/mol. The molecule has 1 aliphatic rings. The Labute approximate surface area is 123 Å². The van der Waals surface area contributed by atoms with E-state index in [1.807, 2.05) is 12.1 Å². The standard InChI is InChI=1S/C15H22BrNO2/c1-9(2)10(3)15(17)11-7-13-14(8-12(11)16)19-6-4-5-18-13/h7-10,15H,4-6,17H2,1-3H3. The van der Waals surface area contributed by atoms with Gasteiger partial charge < -0.3 is 15.2 Å². The van der Waals surface area contributed by atoms with E-state index < -0.39 is 0 Å². The van der Waals surface area contributed by atoms with Crippen LogP contribution >= 0.6 is 15.9 Å². The Morgan fingerprint density at radius 2 is 1.68 bits per heavy atom. The van der Waals surface area contributed by atoms with Crippen LogP contribution in [0.1, 0.15) is 38.8 Å². The van der Waals surface area contributed by atoms with Gasteiger partial charge >= 0.3 is 0 Å². The quantitative estimate of drug-likeness (QED) is 0.915. The Morgan fingerprint density at radius 1 is 1.11 bits per heavy atom. The predicted octanol–water partition coefficient (Wildman–Crippen LogP) is 3.90. The number of hydrogen-bond acceptors (Lipinski definition) is 3. The van der Waals surface area contributed by atoms with Crippen molar-refractivity contribution in [1.29, 1.82) is 0 Å². The van der Waals surface area contributed by atoms with Crippen LogP contribution in [0.4, 0.5) is 0 Å². The summed E-state index contributed by atoms with van der Waals surface area (Å²) < 4.78 is 12.4. The van der Waals surface area contributed by atoms with Gasteiger partial charge in [0, 0.05) is 16.9 Å². The lowest BCUT2D eigenvalue weighted by Crippen LogP contribution is -2.23. The molecule has 2 rings (SSSR count). The lowest BCUT2D eigenvalue weighted by Gasteiger charge is -2.25. The van der Waals surface area contributed by atoms with Gasteiger partial charge in [-0.2, -0.15) is 0 Å². The van der Waals surface area contributed by atoms with E-state index >= 15 is 0 Å². The van der Waals surface area contributed by atoms with E-state index in [1.54, 1.807) is 0 Å². The zero-order valence-corrected chi connectivity index (χ0v) is 13.4. The molecule has 0 fully saturated rings. The Morgan fingerprint density at radius 3 is 2.26 bits per heavy atom. The van der Waals surface area contributed by atoms with Crippen LogP contribution in [0.3, 0.4) is 0 Å². The van der Waals surface area contributed by atoms with Crippen LogP contribution in [0.2, 0.25) is 0 Å². The maximum Gasteiger partial charge on any atom is 0.162 e. The molecular formula is C15H22BrNO2. The third kappa shape index (κ3) is 3.23. The molecule has 0 aromatic heterocycles. The fourth-order valence-corrected chi connectivity index (χ4v) is 2.74. The summed E-state index contributed by atoms with van der Waals surface area (Å²) in [5.74, 6) is 2.55. The fraction of sp³-hybridized carbons (Fsp3) is 0.600. The summed E-state index contributed by atoms with van der Waals surface area (Å²) in [6.45, 7) is 7.98. The molecule has 0 saturated heterocycles. The number of halogens is 1. The van der Waals surface area contributed by atoms with Crippen molar-refractivity contribution < 1.29 is 9.47 Å². The van der Waals surface area contributed by atoms with Crippen molar-refractivity contribution >= 4 is 15.9 Å². The number of nitrogens with two attached hydrogens (primary N) is 1. The Bertz CT molecular complexity index is 448. The van der Waals surface area contributed by atoms with Crippen LogP contribution in [0.25, 0.3) is 0 Å².